The van der Waals surface area contributed by atoms with Gasteiger partial charge in [-0.15, -0.1) is 0 Å². The first-order chi connectivity index (χ1) is 32.4. The monoisotopic (exact) mass is 933 g/mol. The summed E-state index contributed by atoms with van der Waals surface area (Å²) in [5.41, 5.74) is 0. The molecule has 0 heterocycles. The second kappa shape index (κ2) is 51.2. The maximum Gasteiger partial charge on any atom is 0.305 e. The number of nitrogens with one attached hydrogen (secondary N) is 1. The SMILES string of the molecule is CCCCCCCCCN(C(=O)CCCNC)C(CCCCCC(=O)OCC(CCCCCC)CCCCCCCC)CCCCCC(=O)OCC(CCCCCC)CCCCCCCC. The number of carbonyl (C=O) groups excluding carboxylic acids is 3. The van der Waals surface area contributed by atoms with Crippen molar-refractivity contribution in [1.29, 1.82) is 0 Å². The number of rotatable bonds is 53. The summed E-state index contributed by atoms with van der Waals surface area (Å²) in [5, 5.41) is 3.23. The standard InChI is InChI=1S/C59H116N2O5/c1-7-12-17-22-25-28-39-51-61(57(62)47-40-50-60-6)56(45-35-29-37-48-58(63)65-52-54(41-31-20-15-10-4)43-33-26-23-18-13-8-2)46-36-30-38-49-59(64)66-53-55(42-32-21-16-11-5)44-34-27-24-19-14-9-3/h54-56,60H,7-53H2,1-6H3. The molecule has 0 saturated carbocycles. The summed E-state index contributed by atoms with van der Waals surface area (Å²) in [6.07, 6.45) is 49.2. The smallest absolute Gasteiger partial charge is 0.305 e. The second-order valence-corrected chi connectivity index (χ2v) is 20.7. The summed E-state index contributed by atoms with van der Waals surface area (Å²) in [7, 11) is 1.96. The first-order valence-corrected chi connectivity index (χ1v) is 29.6. The van der Waals surface area contributed by atoms with Gasteiger partial charge in [-0.05, 0) is 89.6 Å². The quantitative estimate of drug-likeness (QED) is 0.0483. The highest BCUT2D eigenvalue weighted by atomic mass is 16.5. The highest BCUT2D eigenvalue weighted by Crippen LogP contribution is 2.24. The summed E-state index contributed by atoms with van der Waals surface area (Å²) < 4.78 is 11.9. The molecule has 0 aliphatic rings. The van der Waals surface area contributed by atoms with Crippen molar-refractivity contribution in [3.63, 3.8) is 0 Å². The Bertz CT molecular complexity index is 980. The summed E-state index contributed by atoms with van der Waals surface area (Å²) in [5.74, 6) is 1.21. The number of hydrogen-bond acceptors (Lipinski definition) is 6. The van der Waals surface area contributed by atoms with Gasteiger partial charge in [-0.25, -0.2) is 0 Å². The molecule has 1 amide bonds. The lowest BCUT2D eigenvalue weighted by Crippen LogP contribution is -2.41. The fourth-order valence-electron chi connectivity index (χ4n) is 9.75. The van der Waals surface area contributed by atoms with Crippen LogP contribution in [0.25, 0.3) is 0 Å². The minimum absolute atomic E-state index is 0.0350. The van der Waals surface area contributed by atoms with Gasteiger partial charge in [0, 0.05) is 31.8 Å². The van der Waals surface area contributed by atoms with Crippen LogP contribution >= 0.6 is 0 Å². The minimum Gasteiger partial charge on any atom is -0.465 e. The molecule has 2 unspecified atom stereocenters. The van der Waals surface area contributed by atoms with Crippen LogP contribution in [0.1, 0.15) is 311 Å². The van der Waals surface area contributed by atoms with Crippen molar-refractivity contribution in [3.05, 3.63) is 0 Å². The van der Waals surface area contributed by atoms with E-state index in [1.165, 1.54) is 193 Å². The Labute approximate surface area is 412 Å². The van der Waals surface area contributed by atoms with Crippen molar-refractivity contribution < 1.29 is 23.9 Å². The highest BCUT2D eigenvalue weighted by Gasteiger charge is 2.23. The molecule has 0 aromatic heterocycles. The van der Waals surface area contributed by atoms with Crippen LogP contribution in [0.2, 0.25) is 0 Å². The molecular formula is C59H116N2O5. The minimum atomic E-state index is -0.0350. The third kappa shape index (κ3) is 42.5. The third-order valence-electron chi connectivity index (χ3n) is 14.2. The largest absolute Gasteiger partial charge is 0.465 e. The van der Waals surface area contributed by atoms with Crippen LogP contribution in [-0.2, 0) is 23.9 Å². The zero-order valence-corrected chi connectivity index (χ0v) is 45.5. The fraction of sp³-hybridized carbons (Fsp3) is 0.949. The van der Waals surface area contributed by atoms with Crippen molar-refractivity contribution in [2.75, 3.05) is 33.4 Å². The molecule has 0 aliphatic carbocycles. The van der Waals surface area contributed by atoms with Crippen molar-refractivity contribution in [3.8, 4) is 0 Å². The van der Waals surface area contributed by atoms with Crippen LogP contribution in [0.4, 0.5) is 0 Å². The molecule has 0 fully saturated rings. The van der Waals surface area contributed by atoms with E-state index in [2.05, 4.69) is 44.8 Å². The fourth-order valence-corrected chi connectivity index (χ4v) is 9.75. The zero-order valence-electron chi connectivity index (χ0n) is 45.5. The van der Waals surface area contributed by atoms with Crippen LogP contribution in [0, 0.1) is 11.8 Å². The average Bonchev–Trinajstić information content (AvgIpc) is 3.31. The number of esters is 2. The lowest BCUT2D eigenvalue weighted by atomic mass is 9.95. The molecule has 0 aromatic carbocycles. The highest BCUT2D eigenvalue weighted by molar-refractivity contribution is 5.76. The van der Waals surface area contributed by atoms with Gasteiger partial charge in [0.25, 0.3) is 0 Å². The van der Waals surface area contributed by atoms with E-state index in [4.69, 9.17) is 9.47 Å². The molecule has 7 nitrogen and oxygen atoms in total. The average molecular weight is 934 g/mol. The molecule has 0 rings (SSSR count). The third-order valence-corrected chi connectivity index (χ3v) is 14.2. The van der Waals surface area contributed by atoms with Gasteiger partial charge in [-0.2, -0.15) is 0 Å². The Morgan fingerprint density at radius 2 is 0.697 bits per heavy atom. The van der Waals surface area contributed by atoms with Crippen molar-refractivity contribution >= 4 is 17.8 Å². The number of carbonyl (C=O) groups is 3. The summed E-state index contributed by atoms with van der Waals surface area (Å²) in [6.45, 7) is 14.2. The molecule has 0 spiro atoms. The summed E-state index contributed by atoms with van der Waals surface area (Å²) in [6, 6.07) is 0.206. The van der Waals surface area contributed by atoms with Gasteiger partial charge in [0.05, 0.1) is 13.2 Å². The number of unbranched alkanes of at least 4 members (excludes halogenated alkanes) is 26. The van der Waals surface area contributed by atoms with Crippen LogP contribution < -0.4 is 5.32 Å². The summed E-state index contributed by atoms with van der Waals surface area (Å²) in [4.78, 5) is 42.1. The van der Waals surface area contributed by atoms with E-state index in [-0.39, 0.29) is 18.0 Å². The van der Waals surface area contributed by atoms with Crippen LogP contribution in [0.15, 0.2) is 0 Å². The zero-order chi connectivity index (χ0) is 48.4. The molecule has 0 bridgehead atoms. The number of nitrogens with zero attached hydrogens (tertiary/aromatic N) is 1. The van der Waals surface area contributed by atoms with E-state index in [0.29, 0.717) is 50.2 Å². The van der Waals surface area contributed by atoms with E-state index in [1.807, 2.05) is 7.05 Å². The van der Waals surface area contributed by atoms with Crippen molar-refractivity contribution in [2.45, 2.75) is 317 Å². The molecule has 1 N–H and O–H groups in total. The molecule has 2 atom stereocenters. The first kappa shape index (κ1) is 64.4. The van der Waals surface area contributed by atoms with E-state index in [9.17, 15) is 14.4 Å². The molecule has 0 saturated heterocycles. The van der Waals surface area contributed by atoms with Gasteiger partial charge in [-0.1, -0.05) is 227 Å². The molecule has 66 heavy (non-hydrogen) atoms. The summed E-state index contributed by atoms with van der Waals surface area (Å²) >= 11 is 0. The van der Waals surface area contributed by atoms with Gasteiger partial charge < -0.3 is 19.7 Å². The number of amides is 1. The maximum atomic E-state index is 13.9. The van der Waals surface area contributed by atoms with Gasteiger partial charge in [-0.3, -0.25) is 14.4 Å². The lowest BCUT2D eigenvalue weighted by Gasteiger charge is -2.33. The molecule has 0 radical (unpaired) electrons. The lowest BCUT2D eigenvalue weighted by molar-refractivity contribution is -0.146. The Balaban J connectivity index is 5.32. The Morgan fingerprint density at radius 1 is 0.379 bits per heavy atom. The molecule has 0 aromatic rings. The topological polar surface area (TPSA) is 84.9 Å². The Hall–Kier alpha value is -1.63. The molecule has 392 valence electrons. The predicted octanol–water partition coefficient (Wildman–Crippen LogP) is 17.6. The second-order valence-electron chi connectivity index (χ2n) is 20.7. The molecule has 7 heteroatoms. The molecular weight excluding hydrogens is 817 g/mol. The van der Waals surface area contributed by atoms with Crippen LogP contribution in [0.5, 0.6) is 0 Å². The Kier molecular flexibility index (Phi) is 50.0. The number of ether oxygens (including phenoxy) is 2. The van der Waals surface area contributed by atoms with Gasteiger partial charge in [0.15, 0.2) is 0 Å². The van der Waals surface area contributed by atoms with E-state index in [1.54, 1.807) is 0 Å². The van der Waals surface area contributed by atoms with Gasteiger partial charge >= 0.3 is 11.9 Å². The predicted molar refractivity (Wildman–Crippen MR) is 285 cm³/mol. The van der Waals surface area contributed by atoms with Crippen LogP contribution in [-0.4, -0.2) is 62.1 Å². The van der Waals surface area contributed by atoms with Crippen molar-refractivity contribution in [2.24, 2.45) is 11.8 Å². The van der Waals surface area contributed by atoms with E-state index in [0.717, 1.165) is 77.3 Å². The van der Waals surface area contributed by atoms with E-state index >= 15 is 0 Å². The normalized spacial score (nSPS) is 12.9. The van der Waals surface area contributed by atoms with E-state index < -0.39 is 0 Å². The van der Waals surface area contributed by atoms with Crippen LogP contribution in [0.3, 0.4) is 0 Å². The number of hydrogen-bond donors (Lipinski definition) is 1. The van der Waals surface area contributed by atoms with Gasteiger partial charge in [0.2, 0.25) is 5.91 Å². The molecule has 0 aliphatic heterocycles. The maximum absolute atomic E-state index is 13.9. The van der Waals surface area contributed by atoms with Crippen molar-refractivity contribution in [1.82, 2.24) is 10.2 Å². The van der Waals surface area contributed by atoms with Gasteiger partial charge in [0.1, 0.15) is 0 Å². The first-order valence-electron chi connectivity index (χ1n) is 29.6. The Morgan fingerprint density at radius 3 is 1.08 bits per heavy atom.